The molecule has 9 heteroatoms. The van der Waals surface area contributed by atoms with Crippen LogP contribution in [0.5, 0.6) is 0 Å². The number of nitrogens with two attached hydrogens (primary N) is 1. The largest absolute Gasteiger partial charge is 0.368 e. The first-order valence-corrected chi connectivity index (χ1v) is 10.9. The number of thiophene rings is 1. The van der Waals surface area contributed by atoms with Gasteiger partial charge < -0.3 is 10.6 Å². The summed E-state index contributed by atoms with van der Waals surface area (Å²) in [6.45, 7) is 3.96. The van der Waals surface area contributed by atoms with E-state index in [1.54, 1.807) is 23.0 Å². The third-order valence-electron chi connectivity index (χ3n) is 5.20. The number of carbonyl (C=O) groups excluding carboxylic acids is 2. The smallest absolute Gasteiger partial charge is 0.255 e. The molecule has 3 heterocycles. The fourth-order valence-electron chi connectivity index (χ4n) is 3.69. The third kappa shape index (κ3) is 3.87. The highest BCUT2D eigenvalue weighted by Gasteiger charge is 2.30. The number of rotatable bonds is 6. The summed E-state index contributed by atoms with van der Waals surface area (Å²) in [5.41, 5.74) is 7.47. The highest BCUT2D eigenvalue weighted by molar-refractivity contribution is 7.13. The highest BCUT2D eigenvalue weighted by Crippen LogP contribution is 2.31. The Bertz CT molecular complexity index is 1300. The molecule has 0 spiro atoms. The molecule has 1 unspecified atom stereocenters. The molecule has 0 fully saturated rings. The van der Waals surface area contributed by atoms with E-state index in [1.807, 2.05) is 31.4 Å². The number of amides is 2. The monoisotopic (exact) mass is 451 g/mol. The summed E-state index contributed by atoms with van der Waals surface area (Å²) in [4.78, 5) is 32.8. The standard InChI is InChI=1S/C23H22FN5O2S/c1-13(2)29-22-17(12-26-29)16(11-18(27-22)19-8-5-9-32-19)23(31)28(3)20(21(25)30)14-6-4-7-15(24)10-14/h4-13,20H,1-3H3,(H2,25,30). The van der Waals surface area contributed by atoms with E-state index in [0.717, 1.165) is 4.88 Å². The van der Waals surface area contributed by atoms with Crippen LogP contribution in [0.2, 0.25) is 0 Å². The fourth-order valence-corrected chi connectivity index (χ4v) is 4.37. The van der Waals surface area contributed by atoms with Crippen molar-refractivity contribution in [1.82, 2.24) is 19.7 Å². The average Bonchev–Trinajstić information content (AvgIpc) is 3.42. The summed E-state index contributed by atoms with van der Waals surface area (Å²) in [7, 11) is 1.48. The Kier molecular flexibility index (Phi) is 5.75. The Hall–Kier alpha value is -3.59. The number of hydrogen-bond donors (Lipinski definition) is 1. The number of pyridine rings is 1. The summed E-state index contributed by atoms with van der Waals surface area (Å²) in [6.07, 6.45) is 1.60. The molecule has 0 aliphatic heterocycles. The number of aromatic nitrogens is 3. The predicted octanol–water partition coefficient (Wildman–Crippen LogP) is 4.18. The van der Waals surface area contributed by atoms with Crippen molar-refractivity contribution >= 4 is 34.2 Å². The minimum Gasteiger partial charge on any atom is -0.368 e. The molecule has 4 aromatic rings. The predicted molar refractivity (Wildman–Crippen MR) is 122 cm³/mol. The first-order chi connectivity index (χ1) is 15.3. The van der Waals surface area contributed by atoms with Gasteiger partial charge in [-0.3, -0.25) is 9.59 Å². The highest BCUT2D eigenvalue weighted by atomic mass is 32.1. The maximum absolute atomic E-state index is 13.8. The quantitative estimate of drug-likeness (QED) is 0.476. The Labute approximate surface area is 188 Å². The van der Waals surface area contributed by atoms with Crippen molar-refractivity contribution in [3.05, 3.63) is 71.0 Å². The molecule has 164 valence electrons. The van der Waals surface area contributed by atoms with Gasteiger partial charge in [-0.05, 0) is 49.1 Å². The Morgan fingerprint density at radius 2 is 1.97 bits per heavy atom. The molecule has 0 saturated heterocycles. The molecule has 2 amide bonds. The number of carbonyl (C=O) groups is 2. The van der Waals surface area contributed by atoms with Crippen LogP contribution in [0.25, 0.3) is 21.6 Å². The van der Waals surface area contributed by atoms with Crippen LogP contribution in [-0.4, -0.2) is 38.5 Å². The van der Waals surface area contributed by atoms with Crippen LogP contribution in [0.4, 0.5) is 4.39 Å². The number of likely N-dealkylation sites (N-methyl/N-ethyl adjacent to an activating group) is 1. The molecule has 2 N–H and O–H groups in total. The summed E-state index contributed by atoms with van der Waals surface area (Å²) < 4.78 is 15.6. The molecule has 0 bridgehead atoms. The van der Waals surface area contributed by atoms with E-state index >= 15 is 0 Å². The van der Waals surface area contributed by atoms with E-state index in [9.17, 15) is 14.0 Å². The first kappa shape index (κ1) is 21.6. The molecule has 0 saturated carbocycles. The van der Waals surface area contributed by atoms with Crippen molar-refractivity contribution in [3.63, 3.8) is 0 Å². The van der Waals surface area contributed by atoms with Gasteiger partial charge in [-0.15, -0.1) is 11.3 Å². The van der Waals surface area contributed by atoms with Crippen LogP contribution in [0.1, 0.15) is 41.9 Å². The van der Waals surface area contributed by atoms with Crippen LogP contribution in [0.15, 0.2) is 54.0 Å². The van der Waals surface area contributed by atoms with Gasteiger partial charge >= 0.3 is 0 Å². The van der Waals surface area contributed by atoms with Crippen molar-refractivity contribution in [2.24, 2.45) is 5.73 Å². The van der Waals surface area contributed by atoms with Crippen LogP contribution in [0, 0.1) is 5.82 Å². The Morgan fingerprint density at radius 3 is 2.59 bits per heavy atom. The van der Waals surface area contributed by atoms with E-state index in [2.05, 4.69) is 5.10 Å². The fraction of sp³-hybridized carbons (Fsp3) is 0.217. The Balaban J connectivity index is 1.86. The maximum atomic E-state index is 13.8. The number of primary amides is 1. The number of benzene rings is 1. The molecule has 1 aromatic carbocycles. The van der Waals surface area contributed by atoms with Crippen molar-refractivity contribution < 1.29 is 14.0 Å². The summed E-state index contributed by atoms with van der Waals surface area (Å²) in [6, 6.07) is 9.94. The van der Waals surface area contributed by atoms with Gasteiger partial charge in [0.25, 0.3) is 5.91 Å². The lowest BCUT2D eigenvalue weighted by atomic mass is 10.0. The minimum atomic E-state index is -1.13. The van der Waals surface area contributed by atoms with Crippen LogP contribution in [0.3, 0.4) is 0 Å². The lowest BCUT2D eigenvalue weighted by Gasteiger charge is -2.26. The number of hydrogen-bond acceptors (Lipinski definition) is 5. The summed E-state index contributed by atoms with van der Waals surface area (Å²) >= 11 is 1.51. The van der Waals surface area contributed by atoms with Crippen LogP contribution >= 0.6 is 11.3 Å². The van der Waals surface area contributed by atoms with E-state index in [0.29, 0.717) is 27.9 Å². The molecule has 7 nitrogen and oxygen atoms in total. The van der Waals surface area contributed by atoms with Gasteiger partial charge in [-0.1, -0.05) is 18.2 Å². The molecule has 0 aliphatic carbocycles. The molecule has 0 aliphatic rings. The maximum Gasteiger partial charge on any atom is 0.255 e. The summed E-state index contributed by atoms with van der Waals surface area (Å²) in [5.74, 6) is -1.71. The van der Waals surface area contributed by atoms with Crippen molar-refractivity contribution in [2.45, 2.75) is 25.9 Å². The zero-order valence-electron chi connectivity index (χ0n) is 17.8. The lowest BCUT2D eigenvalue weighted by molar-refractivity contribution is -0.122. The third-order valence-corrected chi connectivity index (χ3v) is 6.09. The van der Waals surface area contributed by atoms with E-state index < -0.39 is 23.7 Å². The molecule has 32 heavy (non-hydrogen) atoms. The van der Waals surface area contributed by atoms with Gasteiger partial charge in [-0.2, -0.15) is 5.10 Å². The summed E-state index contributed by atoms with van der Waals surface area (Å²) in [5, 5.41) is 6.92. The first-order valence-electron chi connectivity index (χ1n) is 10.0. The van der Waals surface area contributed by atoms with E-state index in [1.165, 1.54) is 41.5 Å². The molecular formula is C23H22FN5O2S. The second-order valence-corrected chi connectivity index (χ2v) is 8.68. The minimum absolute atomic E-state index is 0.0323. The van der Waals surface area contributed by atoms with Crippen molar-refractivity contribution in [3.8, 4) is 10.6 Å². The number of fused-ring (bicyclic) bond motifs is 1. The second-order valence-electron chi connectivity index (χ2n) is 7.73. The van der Waals surface area contributed by atoms with Gasteiger partial charge in [0.05, 0.1) is 27.7 Å². The van der Waals surface area contributed by atoms with Crippen LogP contribution < -0.4 is 5.73 Å². The average molecular weight is 452 g/mol. The lowest BCUT2D eigenvalue weighted by Crippen LogP contribution is -2.39. The number of nitrogens with zero attached hydrogens (tertiary/aromatic N) is 4. The van der Waals surface area contributed by atoms with E-state index in [4.69, 9.17) is 10.7 Å². The van der Waals surface area contributed by atoms with Gasteiger partial charge in [0.15, 0.2) is 5.65 Å². The van der Waals surface area contributed by atoms with Crippen molar-refractivity contribution in [1.29, 1.82) is 0 Å². The van der Waals surface area contributed by atoms with Gasteiger partial charge in [0.1, 0.15) is 11.9 Å². The topological polar surface area (TPSA) is 94.1 Å². The van der Waals surface area contributed by atoms with E-state index in [-0.39, 0.29) is 6.04 Å². The molecule has 3 aromatic heterocycles. The second kappa shape index (κ2) is 8.51. The molecular weight excluding hydrogens is 429 g/mol. The molecule has 0 radical (unpaired) electrons. The van der Waals surface area contributed by atoms with Gasteiger partial charge in [0.2, 0.25) is 5.91 Å². The zero-order chi connectivity index (χ0) is 23.0. The van der Waals surface area contributed by atoms with Crippen molar-refractivity contribution in [2.75, 3.05) is 7.05 Å². The van der Waals surface area contributed by atoms with Crippen LogP contribution in [-0.2, 0) is 4.79 Å². The Morgan fingerprint density at radius 1 is 1.19 bits per heavy atom. The normalized spacial score (nSPS) is 12.3. The number of halogens is 1. The molecule has 4 rings (SSSR count). The van der Waals surface area contributed by atoms with Gasteiger partial charge in [-0.25, -0.2) is 14.1 Å². The van der Waals surface area contributed by atoms with Gasteiger partial charge in [0, 0.05) is 13.1 Å². The zero-order valence-corrected chi connectivity index (χ0v) is 18.6. The molecule has 1 atom stereocenters. The SMILES string of the molecule is CC(C)n1ncc2c(C(=O)N(C)C(C(N)=O)c3cccc(F)c3)cc(-c3cccs3)nc21.